The SMILES string of the molecule is Cc1cc(O)c(-c2[s+]sc3ccccc23)c(C)c1C. The van der Waals surface area contributed by atoms with Crippen LogP contribution in [0.25, 0.3) is 20.5 Å². The maximum Gasteiger partial charge on any atom is 0.302 e. The summed E-state index contributed by atoms with van der Waals surface area (Å²) in [6, 6.07) is 10.2. The van der Waals surface area contributed by atoms with Crippen molar-refractivity contribution in [3.05, 3.63) is 47.0 Å². The molecule has 0 fully saturated rings. The lowest BCUT2D eigenvalue weighted by Crippen LogP contribution is -1.91. The van der Waals surface area contributed by atoms with Crippen molar-refractivity contribution < 1.29 is 5.11 Å². The van der Waals surface area contributed by atoms with Crippen molar-refractivity contribution in [2.45, 2.75) is 20.8 Å². The van der Waals surface area contributed by atoms with Gasteiger partial charge in [0.2, 0.25) is 0 Å². The smallest absolute Gasteiger partial charge is 0.302 e. The molecule has 0 atom stereocenters. The van der Waals surface area contributed by atoms with Gasteiger partial charge in [-0.3, -0.25) is 0 Å². The van der Waals surface area contributed by atoms with Crippen molar-refractivity contribution in [1.82, 2.24) is 0 Å². The van der Waals surface area contributed by atoms with E-state index >= 15 is 0 Å². The van der Waals surface area contributed by atoms with Gasteiger partial charge in [-0.15, -0.1) is 0 Å². The first-order valence-electron chi connectivity index (χ1n) is 6.20. The summed E-state index contributed by atoms with van der Waals surface area (Å²) in [4.78, 5) is 1.18. The molecular weight excluding hydrogens is 272 g/mol. The molecule has 0 aliphatic carbocycles. The van der Waals surface area contributed by atoms with Crippen molar-refractivity contribution in [3.8, 4) is 16.2 Å². The Kier molecular flexibility index (Phi) is 3.03. The molecule has 0 unspecified atom stereocenters. The Hall–Kier alpha value is -1.45. The molecule has 1 aromatic heterocycles. The lowest BCUT2D eigenvalue weighted by atomic mass is 9.96. The number of aromatic hydroxyl groups is 1. The number of aryl methyl sites for hydroxylation is 1. The van der Waals surface area contributed by atoms with E-state index in [9.17, 15) is 5.11 Å². The molecule has 96 valence electrons. The normalized spacial score (nSPS) is 11.1. The van der Waals surface area contributed by atoms with Crippen LogP contribution in [0.4, 0.5) is 0 Å². The zero-order valence-electron chi connectivity index (χ0n) is 11.2. The molecule has 0 bridgehead atoms. The molecule has 0 amide bonds. The van der Waals surface area contributed by atoms with Crippen LogP contribution in [0.15, 0.2) is 30.3 Å². The van der Waals surface area contributed by atoms with E-state index in [1.165, 1.54) is 26.1 Å². The van der Waals surface area contributed by atoms with Crippen LogP contribution < -0.4 is 0 Å². The van der Waals surface area contributed by atoms with Gasteiger partial charge in [0.05, 0.1) is 15.6 Å². The number of benzene rings is 2. The third-order valence-corrected chi connectivity index (χ3v) is 6.21. The van der Waals surface area contributed by atoms with E-state index in [-0.39, 0.29) is 0 Å². The Morgan fingerprint density at radius 2 is 1.79 bits per heavy atom. The van der Waals surface area contributed by atoms with Gasteiger partial charge in [-0.25, -0.2) is 0 Å². The second kappa shape index (κ2) is 4.58. The summed E-state index contributed by atoms with van der Waals surface area (Å²) >= 11 is 0. The summed E-state index contributed by atoms with van der Waals surface area (Å²) < 4.78 is 1.28. The van der Waals surface area contributed by atoms with Gasteiger partial charge in [0.1, 0.15) is 5.75 Å². The molecule has 3 heteroatoms. The van der Waals surface area contributed by atoms with Crippen molar-refractivity contribution in [2.75, 3.05) is 0 Å². The topological polar surface area (TPSA) is 20.2 Å². The number of phenolic OH excluding ortho intramolecular Hbond substituents is 1. The molecule has 0 saturated heterocycles. The average Bonchev–Trinajstić information content (AvgIpc) is 2.81. The van der Waals surface area contributed by atoms with Gasteiger partial charge in [0.25, 0.3) is 4.88 Å². The number of rotatable bonds is 1. The zero-order chi connectivity index (χ0) is 13.6. The molecule has 3 rings (SSSR count). The lowest BCUT2D eigenvalue weighted by Gasteiger charge is -2.09. The average molecular weight is 287 g/mol. The van der Waals surface area contributed by atoms with Crippen LogP contribution in [0.1, 0.15) is 16.7 Å². The highest BCUT2D eigenvalue weighted by molar-refractivity contribution is 7.73. The van der Waals surface area contributed by atoms with Crippen molar-refractivity contribution in [2.24, 2.45) is 0 Å². The molecule has 3 aromatic rings. The largest absolute Gasteiger partial charge is 0.507 e. The van der Waals surface area contributed by atoms with Crippen LogP contribution in [0.5, 0.6) is 5.75 Å². The first-order valence-corrected chi connectivity index (χ1v) is 8.35. The highest BCUT2D eigenvalue weighted by Gasteiger charge is 2.25. The van der Waals surface area contributed by atoms with Crippen LogP contribution in [-0.4, -0.2) is 5.11 Å². The van der Waals surface area contributed by atoms with Gasteiger partial charge in [-0.1, -0.05) is 12.1 Å². The van der Waals surface area contributed by atoms with Crippen LogP contribution >= 0.6 is 20.7 Å². The van der Waals surface area contributed by atoms with Crippen molar-refractivity contribution in [1.29, 1.82) is 0 Å². The predicted molar refractivity (Wildman–Crippen MR) is 85.4 cm³/mol. The zero-order valence-corrected chi connectivity index (χ0v) is 12.8. The molecule has 0 aliphatic heterocycles. The number of phenols is 1. The minimum atomic E-state index is 0.389. The van der Waals surface area contributed by atoms with Crippen LogP contribution in [0.2, 0.25) is 0 Å². The molecular formula is C16H15OS2+. The second-order valence-electron chi connectivity index (χ2n) is 4.83. The number of fused-ring (bicyclic) bond motifs is 1. The summed E-state index contributed by atoms with van der Waals surface area (Å²) in [5, 5.41) is 11.6. The minimum Gasteiger partial charge on any atom is -0.507 e. The quantitative estimate of drug-likeness (QED) is 0.460. The van der Waals surface area contributed by atoms with Crippen LogP contribution in [0.3, 0.4) is 0 Å². The summed E-state index contributed by atoms with van der Waals surface area (Å²) in [5.41, 5.74) is 4.57. The summed E-state index contributed by atoms with van der Waals surface area (Å²) in [5.74, 6) is 0.389. The third kappa shape index (κ3) is 1.94. The van der Waals surface area contributed by atoms with E-state index < -0.39 is 0 Å². The maximum atomic E-state index is 10.3. The molecule has 0 aliphatic rings. The monoisotopic (exact) mass is 287 g/mol. The second-order valence-corrected chi connectivity index (χ2v) is 7.01. The molecule has 2 aromatic carbocycles. The Morgan fingerprint density at radius 1 is 1.05 bits per heavy atom. The Labute approximate surface area is 120 Å². The van der Waals surface area contributed by atoms with Crippen LogP contribution in [-0.2, 0) is 0 Å². The summed E-state index contributed by atoms with van der Waals surface area (Å²) in [6.07, 6.45) is 0. The van der Waals surface area contributed by atoms with Gasteiger partial charge >= 0.3 is 10.3 Å². The fraction of sp³-hybridized carbons (Fsp3) is 0.188. The third-order valence-electron chi connectivity index (χ3n) is 3.71. The summed E-state index contributed by atoms with van der Waals surface area (Å²) in [6.45, 7) is 6.25. The van der Waals surface area contributed by atoms with Gasteiger partial charge in [0, 0.05) is 0 Å². The van der Waals surface area contributed by atoms with Gasteiger partial charge < -0.3 is 5.11 Å². The van der Waals surface area contributed by atoms with Gasteiger partial charge in [0.15, 0.2) is 10.3 Å². The van der Waals surface area contributed by atoms with Crippen molar-refractivity contribution in [3.63, 3.8) is 0 Å². The number of hydrogen-bond acceptors (Lipinski definition) is 2. The predicted octanol–water partition coefficient (Wildman–Crippen LogP) is 5.54. The Balaban J connectivity index is 2.36. The van der Waals surface area contributed by atoms with E-state index in [2.05, 4.69) is 38.1 Å². The number of hydrogen-bond donors (Lipinski definition) is 1. The van der Waals surface area contributed by atoms with E-state index in [0.29, 0.717) is 5.75 Å². The van der Waals surface area contributed by atoms with Gasteiger partial charge in [-0.2, -0.15) is 0 Å². The molecule has 0 saturated carbocycles. The van der Waals surface area contributed by atoms with E-state index in [4.69, 9.17) is 0 Å². The highest BCUT2D eigenvalue weighted by Crippen LogP contribution is 2.45. The first kappa shape index (κ1) is 12.6. The molecule has 1 N–H and O–H groups in total. The molecule has 0 spiro atoms. The van der Waals surface area contributed by atoms with E-state index in [1.54, 1.807) is 20.7 Å². The standard InChI is InChI=1S/C16H14OS2/c1-9-8-13(17)15(11(3)10(9)2)16-12-6-4-5-7-14(12)18-19-16/h4-8H,1-3H3/p+1. The molecule has 1 nitrogen and oxygen atoms in total. The fourth-order valence-electron chi connectivity index (χ4n) is 2.38. The van der Waals surface area contributed by atoms with Gasteiger partial charge in [-0.05, 0) is 55.7 Å². The fourth-order valence-corrected chi connectivity index (χ4v) is 5.10. The van der Waals surface area contributed by atoms with E-state index in [1.807, 2.05) is 13.0 Å². The first-order chi connectivity index (χ1) is 9.09. The van der Waals surface area contributed by atoms with Crippen LogP contribution in [0, 0.1) is 20.8 Å². The lowest BCUT2D eigenvalue weighted by molar-refractivity contribution is 0.476. The molecule has 19 heavy (non-hydrogen) atoms. The molecule has 1 heterocycles. The summed E-state index contributed by atoms with van der Waals surface area (Å²) in [7, 11) is 3.51. The maximum absolute atomic E-state index is 10.3. The Morgan fingerprint density at radius 3 is 2.58 bits per heavy atom. The highest BCUT2D eigenvalue weighted by atomic mass is 32.9. The van der Waals surface area contributed by atoms with Crippen molar-refractivity contribution >= 4 is 30.8 Å². The van der Waals surface area contributed by atoms with E-state index in [0.717, 1.165) is 11.1 Å². The minimum absolute atomic E-state index is 0.389. The molecule has 0 radical (unpaired) electrons. The Bertz CT molecular complexity index is 772.